The van der Waals surface area contributed by atoms with Gasteiger partial charge in [-0.2, -0.15) is 0 Å². The van der Waals surface area contributed by atoms with E-state index in [-0.39, 0.29) is 12.4 Å². The quantitative estimate of drug-likeness (QED) is 0.626. The molecule has 0 N–H and O–H groups in total. The van der Waals surface area contributed by atoms with Crippen LogP contribution in [0.4, 0.5) is 0 Å². The largest absolute Gasteiger partial charge is 0.147 e. The lowest BCUT2D eigenvalue weighted by Crippen LogP contribution is -1.99. The minimum atomic E-state index is 0. The van der Waals surface area contributed by atoms with Gasteiger partial charge in [0.05, 0.1) is 0 Å². The van der Waals surface area contributed by atoms with E-state index in [1.807, 2.05) is 0 Å². The predicted molar refractivity (Wildman–Crippen MR) is 57.0 cm³/mol. The summed E-state index contributed by atoms with van der Waals surface area (Å²) >= 11 is 0. The number of hydrogen-bond acceptors (Lipinski definition) is 0. The van der Waals surface area contributed by atoms with Crippen molar-refractivity contribution in [2.75, 3.05) is 0 Å². The highest BCUT2D eigenvalue weighted by molar-refractivity contribution is 7.27. The summed E-state index contributed by atoms with van der Waals surface area (Å²) in [5.74, 6) is 0. The highest BCUT2D eigenvalue weighted by Gasteiger charge is 1.92. The van der Waals surface area contributed by atoms with Crippen LogP contribution in [0.3, 0.4) is 0 Å². The Labute approximate surface area is 77.0 Å². The lowest BCUT2D eigenvalue weighted by molar-refractivity contribution is 0.928. The molecule has 1 aromatic rings. The number of halogens is 1. The Morgan fingerprint density at radius 2 is 1.91 bits per heavy atom. The Balaban J connectivity index is 0.000001000. The van der Waals surface area contributed by atoms with Crippen LogP contribution in [0, 0.1) is 0 Å². The number of hydrogen-bond donors (Lipinski definition) is 0. The van der Waals surface area contributed by atoms with Crippen molar-refractivity contribution in [1.82, 2.24) is 0 Å². The molecule has 1 atom stereocenters. The molecule has 0 aliphatic rings. The van der Waals surface area contributed by atoms with Gasteiger partial charge in [0.1, 0.15) is 0 Å². The molecule has 0 amide bonds. The maximum absolute atomic E-state index is 2.76. The molecule has 0 radical (unpaired) electrons. The van der Waals surface area contributed by atoms with Gasteiger partial charge in [-0.25, -0.2) is 0 Å². The van der Waals surface area contributed by atoms with Gasteiger partial charge in [-0.15, -0.1) is 21.6 Å². The second kappa shape index (κ2) is 5.57. The molecule has 0 bridgehead atoms. The van der Waals surface area contributed by atoms with E-state index < -0.39 is 0 Å². The molecule has 0 saturated carbocycles. The lowest BCUT2D eigenvalue weighted by atomic mass is 10.1. The zero-order valence-corrected chi connectivity index (χ0v) is 8.68. The van der Waals surface area contributed by atoms with E-state index in [0.717, 1.165) is 0 Å². The molecule has 0 fully saturated rings. The normalized spacial score (nSPS) is 8.91. The van der Waals surface area contributed by atoms with Crippen molar-refractivity contribution in [3.63, 3.8) is 0 Å². The van der Waals surface area contributed by atoms with Crippen molar-refractivity contribution in [2.24, 2.45) is 0 Å². The summed E-state index contributed by atoms with van der Waals surface area (Å²) in [4.78, 5) is 0. The van der Waals surface area contributed by atoms with Crippen molar-refractivity contribution in [1.29, 1.82) is 0 Å². The van der Waals surface area contributed by atoms with Crippen LogP contribution < -0.4 is 5.30 Å². The van der Waals surface area contributed by atoms with Gasteiger partial charge in [0, 0.05) is 0 Å². The average molecular weight is 189 g/mol. The van der Waals surface area contributed by atoms with Gasteiger partial charge in [0.25, 0.3) is 0 Å². The van der Waals surface area contributed by atoms with E-state index in [4.69, 9.17) is 0 Å². The first-order chi connectivity index (χ1) is 4.84. The number of rotatable bonds is 2. The Hall–Kier alpha value is -0.0600. The van der Waals surface area contributed by atoms with Crippen LogP contribution in [0.2, 0.25) is 0 Å². The number of benzene rings is 1. The standard InChI is InChI=1S/C9H13P.ClH/c1-2-5-8-6-3-4-7-9(8)10;/h3-4,6-7H,2,5,10H2,1H3;1H. The van der Waals surface area contributed by atoms with E-state index in [1.54, 1.807) is 0 Å². The Kier molecular flexibility index (Phi) is 5.54. The summed E-state index contributed by atoms with van der Waals surface area (Å²) in [6.45, 7) is 2.21. The van der Waals surface area contributed by atoms with Crippen molar-refractivity contribution >= 4 is 27.0 Å². The van der Waals surface area contributed by atoms with Gasteiger partial charge in [-0.05, 0) is 17.3 Å². The SMILES string of the molecule is CCCc1ccccc1P.Cl. The molecule has 62 valence electrons. The van der Waals surface area contributed by atoms with Crippen LogP contribution in [0.5, 0.6) is 0 Å². The summed E-state index contributed by atoms with van der Waals surface area (Å²) < 4.78 is 0. The number of aryl methyl sites for hydroxylation is 1. The van der Waals surface area contributed by atoms with Crippen LogP contribution in [0.1, 0.15) is 18.9 Å². The van der Waals surface area contributed by atoms with Crippen molar-refractivity contribution < 1.29 is 0 Å². The summed E-state index contributed by atoms with van der Waals surface area (Å²) in [5, 5.41) is 1.34. The summed E-state index contributed by atoms with van der Waals surface area (Å²) in [6, 6.07) is 8.49. The Morgan fingerprint density at radius 3 is 2.45 bits per heavy atom. The first-order valence-corrected chi connectivity index (χ1v) is 4.25. The molecule has 0 aliphatic heterocycles. The molecule has 0 aliphatic carbocycles. The molecule has 0 heterocycles. The summed E-state index contributed by atoms with van der Waals surface area (Å²) in [5.41, 5.74) is 1.45. The molecule has 0 saturated heterocycles. The van der Waals surface area contributed by atoms with Gasteiger partial charge in [0.15, 0.2) is 0 Å². The van der Waals surface area contributed by atoms with E-state index in [0.29, 0.717) is 0 Å². The van der Waals surface area contributed by atoms with E-state index >= 15 is 0 Å². The van der Waals surface area contributed by atoms with Gasteiger partial charge in [-0.3, -0.25) is 0 Å². The van der Waals surface area contributed by atoms with Crippen LogP contribution in [0.15, 0.2) is 24.3 Å². The Morgan fingerprint density at radius 1 is 1.27 bits per heavy atom. The van der Waals surface area contributed by atoms with Crippen LogP contribution in [0.25, 0.3) is 0 Å². The second-order valence-corrected chi connectivity index (χ2v) is 3.07. The maximum atomic E-state index is 2.76. The molecule has 0 aromatic heterocycles. The lowest BCUT2D eigenvalue weighted by Gasteiger charge is -2.00. The molecular formula is C9H14ClP. The molecule has 2 heteroatoms. The monoisotopic (exact) mass is 188 g/mol. The molecule has 1 unspecified atom stereocenters. The fourth-order valence-corrected chi connectivity index (χ4v) is 1.38. The molecule has 0 spiro atoms. The fourth-order valence-electron chi connectivity index (χ4n) is 1.03. The second-order valence-electron chi connectivity index (χ2n) is 2.45. The topological polar surface area (TPSA) is 0 Å². The maximum Gasteiger partial charge on any atom is -0.0271 e. The van der Waals surface area contributed by atoms with E-state index in [1.165, 1.54) is 23.7 Å². The zero-order chi connectivity index (χ0) is 7.40. The Bertz CT molecular complexity index is 210. The van der Waals surface area contributed by atoms with Crippen LogP contribution in [-0.4, -0.2) is 0 Å². The average Bonchev–Trinajstić information content (AvgIpc) is 1.94. The van der Waals surface area contributed by atoms with Crippen molar-refractivity contribution in [2.45, 2.75) is 19.8 Å². The smallest absolute Gasteiger partial charge is 0.0271 e. The van der Waals surface area contributed by atoms with Crippen LogP contribution in [-0.2, 0) is 6.42 Å². The highest BCUT2D eigenvalue weighted by Crippen LogP contribution is 2.02. The highest BCUT2D eigenvalue weighted by atomic mass is 35.5. The van der Waals surface area contributed by atoms with Gasteiger partial charge < -0.3 is 0 Å². The van der Waals surface area contributed by atoms with Crippen molar-refractivity contribution in [3.8, 4) is 0 Å². The molecule has 1 aromatic carbocycles. The molecule has 11 heavy (non-hydrogen) atoms. The van der Waals surface area contributed by atoms with Crippen molar-refractivity contribution in [3.05, 3.63) is 29.8 Å². The minimum absolute atomic E-state index is 0. The molecule has 1 rings (SSSR count). The first-order valence-electron chi connectivity index (χ1n) is 3.68. The summed E-state index contributed by atoms with van der Waals surface area (Å²) in [7, 11) is 2.76. The minimum Gasteiger partial charge on any atom is -0.147 e. The molecular weight excluding hydrogens is 175 g/mol. The van der Waals surface area contributed by atoms with E-state index in [9.17, 15) is 0 Å². The summed E-state index contributed by atoms with van der Waals surface area (Å²) in [6.07, 6.45) is 2.42. The molecule has 0 nitrogen and oxygen atoms in total. The third-order valence-corrected chi connectivity index (χ3v) is 2.14. The van der Waals surface area contributed by atoms with Gasteiger partial charge in [0.2, 0.25) is 0 Å². The third kappa shape index (κ3) is 3.22. The fraction of sp³-hybridized carbons (Fsp3) is 0.333. The predicted octanol–water partition coefficient (Wildman–Crippen LogP) is 2.56. The van der Waals surface area contributed by atoms with Gasteiger partial charge in [-0.1, -0.05) is 37.6 Å². The zero-order valence-electron chi connectivity index (χ0n) is 6.71. The first kappa shape index (κ1) is 10.9. The van der Waals surface area contributed by atoms with Crippen LogP contribution >= 0.6 is 21.6 Å². The third-order valence-electron chi connectivity index (χ3n) is 1.57. The van der Waals surface area contributed by atoms with Gasteiger partial charge >= 0.3 is 0 Å². The van der Waals surface area contributed by atoms with E-state index in [2.05, 4.69) is 40.4 Å².